The second-order valence-corrected chi connectivity index (χ2v) is 17.9. The number of benzene rings is 3. The molecule has 4 aromatic rings. The summed E-state index contributed by atoms with van der Waals surface area (Å²) < 4.78 is 29.4. The Morgan fingerprint density at radius 3 is 2.30 bits per heavy atom. The van der Waals surface area contributed by atoms with Crippen molar-refractivity contribution in [1.29, 1.82) is 0 Å². The van der Waals surface area contributed by atoms with E-state index in [9.17, 15) is 23.7 Å². The lowest BCUT2D eigenvalue weighted by molar-refractivity contribution is -0.136. The summed E-state index contributed by atoms with van der Waals surface area (Å²) in [6, 6.07) is 17.7. The number of hydrogen-bond donors (Lipinski definition) is 3. The van der Waals surface area contributed by atoms with E-state index >= 15 is 0 Å². The van der Waals surface area contributed by atoms with E-state index in [0.717, 1.165) is 68.3 Å². The molecule has 320 valence electrons. The number of carbonyl (C=O) groups is 4. The molecule has 61 heavy (non-hydrogen) atoms. The maximum Gasteiger partial charge on any atom is 0.362 e. The quantitative estimate of drug-likeness (QED) is 0.121. The van der Waals surface area contributed by atoms with E-state index in [-0.39, 0.29) is 23.8 Å². The van der Waals surface area contributed by atoms with Crippen molar-refractivity contribution in [2.45, 2.75) is 44.3 Å². The van der Waals surface area contributed by atoms with Gasteiger partial charge in [0, 0.05) is 84.2 Å². The highest BCUT2D eigenvalue weighted by atomic mass is 35.5. The average molecular weight is 872 g/mol. The van der Waals surface area contributed by atoms with Gasteiger partial charge in [0.1, 0.15) is 16.8 Å². The van der Waals surface area contributed by atoms with Gasteiger partial charge < -0.3 is 29.3 Å². The molecule has 5 heterocycles. The summed E-state index contributed by atoms with van der Waals surface area (Å²) >= 11 is 6.48. The number of piperazine rings is 1. The third-order valence-corrected chi connectivity index (χ3v) is 14.0. The number of carbonyl (C=O) groups excluding carboxylic acids is 4. The van der Waals surface area contributed by atoms with Crippen molar-refractivity contribution in [3.05, 3.63) is 88.6 Å². The number of para-hydroxylation sites is 1. The van der Waals surface area contributed by atoms with E-state index in [2.05, 4.69) is 46.7 Å². The Balaban J connectivity index is 0.837. The average Bonchev–Trinajstić information content (AvgIpc) is 3.52. The molecule has 3 fully saturated rings. The Morgan fingerprint density at radius 1 is 0.836 bits per heavy atom. The maximum absolute atomic E-state index is 13.3. The fourth-order valence-electron chi connectivity index (χ4n) is 8.48. The van der Waals surface area contributed by atoms with E-state index in [0.29, 0.717) is 52.0 Å². The van der Waals surface area contributed by atoms with Gasteiger partial charge in [-0.1, -0.05) is 29.8 Å². The van der Waals surface area contributed by atoms with Crippen LogP contribution in [-0.2, 0) is 29.7 Å². The van der Waals surface area contributed by atoms with Gasteiger partial charge in [-0.25, -0.2) is 4.98 Å². The van der Waals surface area contributed by atoms with Crippen molar-refractivity contribution in [3.8, 4) is 5.75 Å². The third-order valence-electron chi connectivity index (χ3n) is 11.8. The van der Waals surface area contributed by atoms with Crippen LogP contribution in [0.4, 0.5) is 28.8 Å². The number of methoxy groups -OCH3 is 1. The first kappa shape index (κ1) is 42.3. The zero-order chi connectivity index (χ0) is 42.8. The molecule has 3 aromatic carbocycles. The highest BCUT2D eigenvalue weighted by Crippen LogP contribution is 2.47. The molecular formula is C42H47ClN9O8P. The predicted octanol–water partition coefficient (Wildman–Crippen LogP) is 4.92. The van der Waals surface area contributed by atoms with Crippen molar-refractivity contribution in [3.63, 3.8) is 0 Å². The smallest absolute Gasteiger partial charge is 0.362 e. The largest absolute Gasteiger partial charge is 0.494 e. The molecule has 0 radical (unpaired) electrons. The fourth-order valence-corrected chi connectivity index (χ4v) is 9.86. The molecule has 4 aliphatic heterocycles. The molecule has 1 atom stereocenters. The van der Waals surface area contributed by atoms with Crippen molar-refractivity contribution in [2.75, 3.05) is 76.1 Å². The van der Waals surface area contributed by atoms with Crippen molar-refractivity contribution >= 4 is 77.0 Å². The molecule has 0 aliphatic carbocycles. The number of halogens is 1. The summed E-state index contributed by atoms with van der Waals surface area (Å²) in [5, 5.41) is 9.22. The Labute approximate surface area is 358 Å². The lowest BCUT2D eigenvalue weighted by atomic mass is 10.0. The molecule has 1 aromatic heterocycles. The van der Waals surface area contributed by atoms with E-state index in [1.807, 2.05) is 18.2 Å². The minimum Gasteiger partial charge on any atom is -0.494 e. The normalized spacial score (nSPS) is 19.2. The molecule has 4 aliphatic rings. The van der Waals surface area contributed by atoms with Crippen LogP contribution < -0.4 is 30.9 Å². The Hall–Kier alpha value is -5.42. The SMILES string of the molecule is COc1cc(N2CCC(N3CCN(Cc4ccc5c(c4)C(=O)N(C4CCC(=O)NC4=O)C5=O)CC3)CC2)ccc1Nc1ncc(Cl)c(Nc2ccccc2P(=O)(OC)OC)n1. The zero-order valence-electron chi connectivity index (χ0n) is 34.1. The maximum atomic E-state index is 13.3. The van der Waals surface area contributed by atoms with Gasteiger partial charge in [0.15, 0.2) is 5.82 Å². The predicted molar refractivity (Wildman–Crippen MR) is 230 cm³/mol. The summed E-state index contributed by atoms with van der Waals surface area (Å²) in [4.78, 5) is 67.8. The molecule has 4 amide bonds. The first-order valence-electron chi connectivity index (χ1n) is 20.1. The van der Waals surface area contributed by atoms with Crippen LogP contribution in [-0.4, -0.2) is 121 Å². The number of fused-ring (bicyclic) bond motifs is 1. The van der Waals surface area contributed by atoms with E-state index < -0.39 is 37.3 Å². The molecule has 8 rings (SSSR count). The van der Waals surface area contributed by atoms with Crippen molar-refractivity contribution < 1.29 is 37.5 Å². The third kappa shape index (κ3) is 8.72. The van der Waals surface area contributed by atoms with Crippen LogP contribution in [0.15, 0.2) is 66.9 Å². The Bertz CT molecular complexity index is 2400. The number of rotatable bonds is 13. The number of imide groups is 2. The van der Waals surface area contributed by atoms with Crippen molar-refractivity contribution in [2.24, 2.45) is 0 Å². The van der Waals surface area contributed by atoms with E-state index in [1.54, 1.807) is 43.5 Å². The number of hydrogen-bond acceptors (Lipinski definition) is 15. The van der Waals surface area contributed by atoms with E-state index in [4.69, 9.17) is 25.4 Å². The van der Waals surface area contributed by atoms with Gasteiger partial charge in [-0.15, -0.1) is 0 Å². The number of nitrogens with zero attached hydrogens (tertiary/aromatic N) is 6. The molecular weight excluding hydrogens is 825 g/mol. The topological polar surface area (TPSA) is 188 Å². The summed E-state index contributed by atoms with van der Waals surface area (Å²) in [6.07, 6.45) is 3.74. The molecule has 0 saturated carbocycles. The molecule has 3 saturated heterocycles. The first-order valence-corrected chi connectivity index (χ1v) is 22.0. The van der Waals surface area contributed by atoms with Crippen LogP contribution in [0.1, 0.15) is 52.0 Å². The lowest BCUT2D eigenvalue weighted by Crippen LogP contribution is -2.54. The minimum atomic E-state index is -3.57. The molecule has 0 spiro atoms. The van der Waals surface area contributed by atoms with Crippen LogP contribution in [0, 0.1) is 0 Å². The van der Waals surface area contributed by atoms with Gasteiger partial charge in [0.05, 0.1) is 41.1 Å². The standard InChI is InChI=1S/C42H47ClN9O8P/c1-58-35-23-28(9-11-32(35)46-42-44-24-31(43)38(48-42)45-33-6-4-5-7-36(33)61(57,59-2)60-3)50-16-14-27(15-17-50)51-20-18-49(19-21-51)25-26-8-10-29-30(22-26)41(56)52(40(29)55)34-12-13-37(53)47-39(34)54/h4-11,22-24,27,34H,12-21,25H2,1-3H3,(H,47,53,54)(H2,44,45,46,48). The second-order valence-electron chi connectivity index (χ2n) is 15.3. The Morgan fingerprint density at radius 2 is 1.57 bits per heavy atom. The van der Waals surface area contributed by atoms with Gasteiger partial charge in [0.25, 0.3) is 11.8 Å². The molecule has 19 heteroatoms. The molecule has 3 N–H and O–H groups in total. The van der Waals surface area contributed by atoms with Crippen LogP contribution >= 0.6 is 19.2 Å². The number of amides is 4. The van der Waals surface area contributed by atoms with Gasteiger partial charge in [-0.2, -0.15) is 4.98 Å². The van der Waals surface area contributed by atoms with Gasteiger partial charge in [-0.05, 0) is 61.2 Å². The number of aromatic nitrogens is 2. The highest BCUT2D eigenvalue weighted by Gasteiger charge is 2.44. The summed E-state index contributed by atoms with van der Waals surface area (Å²) in [7, 11) is 0.701. The number of nitrogens with one attached hydrogen (secondary N) is 3. The van der Waals surface area contributed by atoms with Crippen LogP contribution in [0.25, 0.3) is 0 Å². The fraction of sp³-hybridized carbons (Fsp3) is 0.381. The van der Waals surface area contributed by atoms with Crippen LogP contribution in [0.2, 0.25) is 5.02 Å². The van der Waals surface area contributed by atoms with Gasteiger partial charge in [0.2, 0.25) is 17.8 Å². The van der Waals surface area contributed by atoms with Gasteiger partial charge >= 0.3 is 7.60 Å². The molecule has 1 unspecified atom stereocenters. The van der Waals surface area contributed by atoms with Crippen LogP contribution in [0.3, 0.4) is 0 Å². The van der Waals surface area contributed by atoms with Crippen LogP contribution in [0.5, 0.6) is 5.75 Å². The van der Waals surface area contributed by atoms with E-state index in [1.165, 1.54) is 20.4 Å². The summed E-state index contributed by atoms with van der Waals surface area (Å²) in [5.74, 6) is -0.795. The first-order chi connectivity index (χ1) is 29.5. The summed E-state index contributed by atoms with van der Waals surface area (Å²) in [5.41, 5.74) is 3.72. The Kier molecular flexibility index (Phi) is 12.4. The lowest BCUT2D eigenvalue weighted by Gasteiger charge is -2.43. The molecule has 17 nitrogen and oxygen atoms in total. The van der Waals surface area contributed by atoms with Gasteiger partial charge in [-0.3, -0.25) is 43.8 Å². The minimum absolute atomic E-state index is 0.0867. The highest BCUT2D eigenvalue weighted by molar-refractivity contribution is 7.62. The molecule has 0 bridgehead atoms. The number of piperidine rings is 2. The second kappa shape index (κ2) is 17.9. The monoisotopic (exact) mass is 871 g/mol. The summed E-state index contributed by atoms with van der Waals surface area (Å²) in [6.45, 7) is 6.07. The zero-order valence-corrected chi connectivity index (χ0v) is 35.7. The number of anilines is 5. The van der Waals surface area contributed by atoms with Crippen molar-refractivity contribution in [1.82, 2.24) is 30.0 Å². The number of ether oxygens (including phenoxy) is 1.